The first-order valence-electron chi connectivity index (χ1n) is 6.33. The number of halogens is 3. The van der Waals surface area contributed by atoms with Gasteiger partial charge in [-0.15, -0.1) is 12.4 Å². The molecule has 0 aliphatic rings. The molecule has 0 unspecified atom stereocenters. The highest BCUT2D eigenvalue weighted by Crippen LogP contribution is 2.21. The first-order chi connectivity index (χ1) is 9.36. The average Bonchev–Trinajstić information content (AvgIpc) is 2.37. The van der Waals surface area contributed by atoms with E-state index in [1.165, 1.54) is 6.07 Å². The predicted molar refractivity (Wildman–Crippen MR) is 79.5 cm³/mol. The van der Waals surface area contributed by atoms with Crippen molar-refractivity contribution in [1.29, 1.82) is 0 Å². The van der Waals surface area contributed by atoms with Crippen LogP contribution in [0.1, 0.15) is 19.4 Å². The van der Waals surface area contributed by atoms with E-state index in [0.29, 0.717) is 18.7 Å². The van der Waals surface area contributed by atoms with Crippen LogP contribution in [-0.4, -0.2) is 32.7 Å². The van der Waals surface area contributed by atoms with Crippen LogP contribution in [0.3, 0.4) is 0 Å². The Kier molecular flexibility index (Phi) is 8.39. The van der Waals surface area contributed by atoms with Gasteiger partial charge < -0.3 is 15.4 Å². The maximum absolute atomic E-state index is 13.2. The molecule has 0 spiro atoms. The molecule has 0 heterocycles. The molecule has 1 amide bonds. The van der Waals surface area contributed by atoms with Crippen LogP contribution in [0, 0.1) is 11.6 Å². The van der Waals surface area contributed by atoms with Crippen LogP contribution in [0.4, 0.5) is 8.78 Å². The third-order valence-corrected chi connectivity index (χ3v) is 2.86. The van der Waals surface area contributed by atoms with E-state index in [-0.39, 0.29) is 24.9 Å². The number of methoxy groups -OCH3 is 1. The van der Waals surface area contributed by atoms with Crippen molar-refractivity contribution in [3.63, 3.8) is 0 Å². The quantitative estimate of drug-likeness (QED) is 0.755. The van der Waals surface area contributed by atoms with E-state index in [9.17, 15) is 13.6 Å². The summed E-state index contributed by atoms with van der Waals surface area (Å²) in [6.07, 6.45) is 0. The van der Waals surface area contributed by atoms with Crippen LogP contribution < -0.4 is 10.6 Å². The number of ether oxygens (including phenoxy) is 1. The lowest BCUT2D eigenvalue weighted by Crippen LogP contribution is -2.45. The molecule has 7 heteroatoms. The Hall–Kier alpha value is -1.24. The molecule has 4 nitrogen and oxygen atoms in total. The summed E-state index contributed by atoms with van der Waals surface area (Å²) in [6, 6.07) is 3.60. The van der Waals surface area contributed by atoms with Gasteiger partial charge in [-0.2, -0.15) is 0 Å². The minimum Gasteiger partial charge on any atom is -0.383 e. The maximum Gasteiger partial charge on any atom is 0.234 e. The summed E-state index contributed by atoms with van der Waals surface area (Å²) in [4.78, 5) is 11.8. The van der Waals surface area contributed by atoms with Crippen molar-refractivity contribution in [2.45, 2.75) is 19.4 Å². The molecule has 0 aliphatic heterocycles. The standard InChI is InChI=1S/C14H20F2N2O2.ClH/c1-14(2,10-4-5-11(15)12(16)8-10)18-13(19)9-17-6-7-20-3;/h4-5,8,17H,6-7,9H2,1-3H3,(H,18,19);1H. The van der Waals surface area contributed by atoms with Crippen LogP contribution >= 0.6 is 12.4 Å². The smallest absolute Gasteiger partial charge is 0.234 e. The molecule has 1 aromatic carbocycles. The lowest BCUT2D eigenvalue weighted by Gasteiger charge is -2.27. The Balaban J connectivity index is 0.00000400. The van der Waals surface area contributed by atoms with Crippen LogP contribution in [0.25, 0.3) is 0 Å². The number of amides is 1. The predicted octanol–water partition coefficient (Wildman–Crippen LogP) is 1.97. The second kappa shape index (κ2) is 8.92. The van der Waals surface area contributed by atoms with Gasteiger partial charge in [-0.3, -0.25) is 4.79 Å². The molecular weight excluding hydrogens is 302 g/mol. The number of hydrogen-bond acceptors (Lipinski definition) is 3. The Labute approximate surface area is 129 Å². The lowest BCUT2D eigenvalue weighted by molar-refractivity contribution is -0.121. The molecule has 0 atom stereocenters. The van der Waals surface area contributed by atoms with Crippen molar-refractivity contribution in [2.75, 3.05) is 26.8 Å². The van der Waals surface area contributed by atoms with E-state index >= 15 is 0 Å². The summed E-state index contributed by atoms with van der Waals surface area (Å²) < 4.78 is 31.0. The third-order valence-electron chi connectivity index (χ3n) is 2.86. The molecule has 21 heavy (non-hydrogen) atoms. The van der Waals surface area contributed by atoms with Crippen LogP contribution in [0.15, 0.2) is 18.2 Å². The average molecular weight is 323 g/mol. The Bertz CT molecular complexity index is 470. The van der Waals surface area contributed by atoms with Gasteiger partial charge in [-0.1, -0.05) is 6.07 Å². The summed E-state index contributed by atoms with van der Waals surface area (Å²) in [5.74, 6) is -2.06. The molecule has 2 N–H and O–H groups in total. The van der Waals surface area contributed by atoms with E-state index in [0.717, 1.165) is 12.1 Å². The van der Waals surface area contributed by atoms with Gasteiger partial charge in [0.05, 0.1) is 18.7 Å². The van der Waals surface area contributed by atoms with Gasteiger partial charge in [0.25, 0.3) is 0 Å². The number of rotatable bonds is 7. The van der Waals surface area contributed by atoms with Crippen molar-refractivity contribution < 1.29 is 18.3 Å². The molecule has 120 valence electrons. The minimum absolute atomic E-state index is 0. The first kappa shape index (κ1) is 19.8. The lowest BCUT2D eigenvalue weighted by atomic mass is 9.94. The number of hydrogen-bond donors (Lipinski definition) is 2. The Morgan fingerprint density at radius 1 is 1.29 bits per heavy atom. The van der Waals surface area contributed by atoms with Crippen molar-refractivity contribution >= 4 is 18.3 Å². The summed E-state index contributed by atoms with van der Waals surface area (Å²) in [6.45, 7) is 4.67. The molecule has 0 fully saturated rings. The number of benzene rings is 1. The molecule has 0 aromatic heterocycles. The zero-order valence-electron chi connectivity index (χ0n) is 12.3. The van der Waals surface area contributed by atoms with Crippen molar-refractivity contribution in [3.8, 4) is 0 Å². The summed E-state index contributed by atoms with van der Waals surface area (Å²) in [5.41, 5.74) is -0.282. The zero-order chi connectivity index (χ0) is 15.2. The van der Waals surface area contributed by atoms with E-state index in [4.69, 9.17) is 4.74 Å². The largest absolute Gasteiger partial charge is 0.383 e. The fourth-order valence-electron chi connectivity index (χ4n) is 1.73. The molecule has 0 aliphatic carbocycles. The molecule has 0 saturated carbocycles. The highest BCUT2D eigenvalue weighted by molar-refractivity contribution is 5.85. The van der Waals surface area contributed by atoms with Gasteiger partial charge in [0.2, 0.25) is 5.91 Å². The van der Waals surface area contributed by atoms with E-state index in [2.05, 4.69) is 10.6 Å². The van der Waals surface area contributed by atoms with Gasteiger partial charge in [0.15, 0.2) is 11.6 Å². The highest BCUT2D eigenvalue weighted by atomic mass is 35.5. The third kappa shape index (κ3) is 6.37. The molecule has 1 rings (SSSR count). The summed E-state index contributed by atoms with van der Waals surface area (Å²) in [5, 5.41) is 5.67. The molecule has 0 saturated heterocycles. The zero-order valence-corrected chi connectivity index (χ0v) is 13.2. The summed E-state index contributed by atoms with van der Waals surface area (Å²) >= 11 is 0. The van der Waals surface area contributed by atoms with E-state index in [1.54, 1.807) is 21.0 Å². The van der Waals surface area contributed by atoms with Crippen molar-refractivity contribution in [3.05, 3.63) is 35.4 Å². The number of nitrogens with one attached hydrogen (secondary N) is 2. The highest BCUT2D eigenvalue weighted by Gasteiger charge is 2.23. The maximum atomic E-state index is 13.2. The van der Waals surface area contributed by atoms with Crippen LogP contribution in [-0.2, 0) is 15.1 Å². The minimum atomic E-state index is -0.928. The summed E-state index contributed by atoms with van der Waals surface area (Å²) in [7, 11) is 1.58. The van der Waals surface area contributed by atoms with Crippen LogP contribution in [0.5, 0.6) is 0 Å². The molecule has 0 radical (unpaired) electrons. The SMILES string of the molecule is COCCNCC(=O)NC(C)(C)c1ccc(F)c(F)c1.Cl. The molecule has 1 aromatic rings. The van der Waals surface area contributed by atoms with E-state index in [1.807, 2.05) is 0 Å². The Morgan fingerprint density at radius 2 is 1.95 bits per heavy atom. The first-order valence-corrected chi connectivity index (χ1v) is 6.33. The van der Waals surface area contributed by atoms with Gasteiger partial charge in [0, 0.05) is 13.7 Å². The van der Waals surface area contributed by atoms with Crippen molar-refractivity contribution in [1.82, 2.24) is 10.6 Å². The van der Waals surface area contributed by atoms with Crippen molar-refractivity contribution in [2.24, 2.45) is 0 Å². The monoisotopic (exact) mass is 322 g/mol. The second-order valence-corrected chi connectivity index (χ2v) is 4.97. The molecule has 0 bridgehead atoms. The Morgan fingerprint density at radius 3 is 2.52 bits per heavy atom. The number of carbonyl (C=O) groups is 1. The molecular formula is C14H21ClF2N2O2. The van der Waals surface area contributed by atoms with Gasteiger partial charge >= 0.3 is 0 Å². The van der Waals surface area contributed by atoms with Gasteiger partial charge in [0.1, 0.15) is 0 Å². The van der Waals surface area contributed by atoms with Crippen LogP contribution in [0.2, 0.25) is 0 Å². The topological polar surface area (TPSA) is 50.4 Å². The van der Waals surface area contributed by atoms with Gasteiger partial charge in [-0.05, 0) is 31.5 Å². The van der Waals surface area contributed by atoms with E-state index < -0.39 is 17.2 Å². The fraction of sp³-hybridized carbons (Fsp3) is 0.500. The fourth-order valence-corrected chi connectivity index (χ4v) is 1.73. The number of carbonyl (C=O) groups excluding carboxylic acids is 1. The second-order valence-electron chi connectivity index (χ2n) is 4.97. The van der Waals surface area contributed by atoms with Gasteiger partial charge in [-0.25, -0.2) is 8.78 Å². The normalized spacial score (nSPS) is 10.9.